The second kappa shape index (κ2) is 3.44. The molecule has 0 amide bonds. The van der Waals surface area contributed by atoms with Gasteiger partial charge in [-0.05, 0) is 28.7 Å². The molecule has 2 heteroatoms. The fourth-order valence-corrected chi connectivity index (χ4v) is 2.42. The summed E-state index contributed by atoms with van der Waals surface area (Å²) in [7, 11) is 0. The van der Waals surface area contributed by atoms with E-state index >= 15 is 0 Å². The molecule has 80 valence electrons. The summed E-state index contributed by atoms with van der Waals surface area (Å²) in [5.41, 5.74) is 5.25. The molecule has 0 heterocycles. The molecule has 0 atom stereocenters. The molecule has 1 aliphatic rings. The van der Waals surface area contributed by atoms with Crippen LogP contribution in [0, 0.1) is 0 Å². The van der Waals surface area contributed by atoms with E-state index in [1.807, 2.05) is 24.3 Å². The summed E-state index contributed by atoms with van der Waals surface area (Å²) in [5, 5.41) is 18.6. The summed E-state index contributed by atoms with van der Waals surface area (Å²) in [6, 6.07) is 13.9. The highest BCUT2D eigenvalue weighted by Gasteiger charge is 2.22. The molecule has 0 spiro atoms. The van der Waals surface area contributed by atoms with Crippen molar-refractivity contribution in [1.29, 1.82) is 0 Å². The summed E-state index contributed by atoms with van der Waals surface area (Å²) in [6.45, 7) is 0. The molecule has 0 fully saturated rings. The van der Waals surface area contributed by atoms with E-state index in [1.165, 1.54) is 11.1 Å². The van der Waals surface area contributed by atoms with Crippen molar-refractivity contribution >= 4 is 0 Å². The van der Waals surface area contributed by atoms with Gasteiger partial charge >= 0.3 is 0 Å². The molecule has 2 aromatic carbocycles. The molecule has 0 radical (unpaired) electrons. The lowest BCUT2D eigenvalue weighted by Gasteiger charge is -2.09. The summed E-state index contributed by atoms with van der Waals surface area (Å²) in [6.07, 6.45) is -0.594. The van der Waals surface area contributed by atoms with Crippen molar-refractivity contribution < 1.29 is 10.2 Å². The first-order chi connectivity index (χ1) is 7.77. The predicted molar refractivity (Wildman–Crippen MR) is 61.9 cm³/mol. The van der Waals surface area contributed by atoms with Gasteiger partial charge in [0.15, 0.2) is 6.29 Å². The van der Waals surface area contributed by atoms with Gasteiger partial charge in [0.25, 0.3) is 0 Å². The highest BCUT2D eigenvalue weighted by Crippen LogP contribution is 2.39. The summed E-state index contributed by atoms with van der Waals surface area (Å²) in [5.74, 6) is 0. The van der Waals surface area contributed by atoms with E-state index in [-0.39, 0.29) is 0 Å². The number of hydrogen-bond donors (Lipinski definition) is 2. The quantitative estimate of drug-likeness (QED) is 0.607. The van der Waals surface area contributed by atoms with Crippen molar-refractivity contribution in [1.82, 2.24) is 0 Å². The number of aliphatic hydroxyl groups is 2. The van der Waals surface area contributed by atoms with Gasteiger partial charge in [0.05, 0.1) is 0 Å². The van der Waals surface area contributed by atoms with E-state index in [9.17, 15) is 10.2 Å². The molecular weight excluding hydrogens is 200 g/mol. The van der Waals surface area contributed by atoms with Gasteiger partial charge in [-0.2, -0.15) is 0 Å². The molecule has 2 nitrogen and oxygen atoms in total. The molecule has 0 aliphatic heterocycles. The Morgan fingerprint density at radius 3 is 2.44 bits per heavy atom. The molecule has 0 saturated carbocycles. The van der Waals surface area contributed by atoms with Crippen molar-refractivity contribution in [3.63, 3.8) is 0 Å². The molecule has 0 bridgehead atoms. The van der Waals surface area contributed by atoms with E-state index in [0.717, 1.165) is 17.5 Å². The maximum Gasteiger partial charge on any atom is 0.178 e. The Morgan fingerprint density at radius 1 is 0.875 bits per heavy atom. The predicted octanol–water partition coefficient (Wildman–Crippen LogP) is 2.24. The minimum Gasteiger partial charge on any atom is -0.364 e. The van der Waals surface area contributed by atoms with E-state index in [2.05, 4.69) is 12.1 Å². The second-order valence-electron chi connectivity index (χ2n) is 4.08. The van der Waals surface area contributed by atoms with Crippen LogP contribution in [0.2, 0.25) is 0 Å². The summed E-state index contributed by atoms with van der Waals surface area (Å²) in [4.78, 5) is 0. The van der Waals surface area contributed by atoms with Crippen LogP contribution >= 0.6 is 0 Å². The van der Waals surface area contributed by atoms with Gasteiger partial charge in [-0.25, -0.2) is 0 Å². The standard InChI is InChI=1S/C14H12O2/c15-14(16)12-7-3-6-11-10-5-2-1-4-9(10)8-13(11)12/h1-7,14-16H,8H2. The summed E-state index contributed by atoms with van der Waals surface area (Å²) >= 11 is 0. The Bertz CT molecular complexity index is 544. The smallest absolute Gasteiger partial charge is 0.178 e. The molecule has 16 heavy (non-hydrogen) atoms. The molecular formula is C14H12O2. The number of hydrogen-bond acceptors (Lipinski definition) is 2. The van der Waals surface area contributed by atoms with Crippen LogP contribution in [0.5, 0.6) is 0 Å². The fraction of sp³-hybridized carbons (Fsp3) is 0.143. The number of fused-ring (bicyclic) bond motifs is 3. The van der Waals surface area contributed by atoms with Crippen LogP contribution < -0.4 is 0 Å². The molecule has 2 aromatic rings. The average molecular weight is 212 g/mol. The topological polar surface area (TPSA) is 40.5 Å². The third-order valence-corrected chi connectivity index (χ3v) is 3.17. The SMILES string of the molecule is OC(O)c1cccc2c1Cc1ccccc1-2. The Labute approximate surface area is 93.8 Å². The van der Waals surface area contributed by atoms with Gasteiger partial charge in [0.1, 0.15) is 0 Å². The van der Waals surface area contributed by atoms with Crippen molar-refractivity contribution in [2.24, 2.45) is 0 Å². The minimum atomic E-state index is -1.38. The van der Waals surface area contributed by atoms with E-state index in [4.69, 9.17) is 0 Å². The van der Waals surface area contributed by atoms with Gasteiger partial charge < -0.3 is 10.2 Å². The van der Waals surface area contributed by atoms with E-state index < -0.39 is 6.29 Å². The van der Waals surface area contributed by atoms with Gasteiger partial charge in [-0.15, -0.1) is 0 Å². The Balaban J connectivity index is 2.24. The van der Waals surface area contributed by atoms with Crippen LogP contribution in [0.3, 0.4) is 0 Å². The zero-order valence-electron chi connectivity index (χ0n) is 8.72. The van der Waals surface area contributed by atoms with E-state index in [0.29, 0.717) is 5.56 Å². The number of rotatable bonds is 1. The third kappa shape index (κ3) is 1.28. The molecule has 0 unspecified atom stereocenters. The van der Waals surface area contributed by atoms with Crippen LogP contribution in [0.15, 0.2) is 42.5 Å². The average Bonchev–Trinajstić information content (AvgIpc) is 2.67. The highest BCUT2D eigenvalue weighted by molar-refractivity contribution is 5.77. The van der Waals surface area contributed by atoms with Crippen LogP contribution in [0.25, 0.3) is 11.1 Å². The highest BCUT2D eigenvalue weighted by atomic mass is 16.5. The number of aliphatic hydroxyl groups excluding tert-OH is 1. The normalized spacial score (nSPS) is 12.7. The van der Waals surface area contributed by atoms with Crippen LogP contribution in [0.4, 0.5) is 0 Å². The summed E-state index contributed by atoms with van der Waals surface area (Å²) < 4.78 is 0. The lowest BCUT2D eigenvalue weighted by molar-refractivity contribution is -0.0429. The van der Waals surface area contributed by atoms with Crippen LogP contribution in [-0.4, -0.2) is 10.2 Å². The maximum atomic E-state index is 9.32. The largest absolute Gasteiger partial charge is 0.364 e. The second-order valence-corrected chi connectivity index (χ2v) is 4.08. The lowest BCUT2D eigenvalue weighted by Crippen LogP contribution is -1.99. The van der Waals surface area contributed by atoms with Crippen LogP contribution in [-0.2, 0) is 6.42 Å². The first-order valence-electron chi connectivity index (χ1n) is 5.33. The van der Waals surface area contributed by atoms with Gasteiger partial charge in [-0.3, -0.25) is 0 Å². The van der Waals surface area contributed by atoms with E-state index in [1.54, 1.807) is 6.07 Å². The van der Waals surface area contributed by atoms with Gasteiger partial charge in [-0.1, -0.05) is 42.5 Å². The lowest BCUT2D eigenvalue weighted by atomic mass is 10.0. The van der Waals surface area contributed by atoms with Crippen molar-refractivity contribution in [2.45, 2.75) is 12.7 Å². The van der Waals surface area contributed by atoms with Crippen molar-refractivity contribution in [2.75, 3.05) is 0 Å². The molecule has 0 aromatic heterocycles. The molecule has 2 N–H and O–H groups in total. The molecule has 3 rings (SSSR count). The third-order valence-electron chi connectivity index (χ3n) is 3.17. The monoisotopic (exact) mass is 212 g/mol. The van der Waals surface area contributed by atoms with Crippen LogP contribution in [0.1, 0.15) is 23.0 Å². The maximum absolute atomic E-state index is 9.32. The van der Waals surface area contributed by atoms with Crippen molar-refractivity contribution in [3.05, 3.63) is 59.2 Å². The Morgan fingerprint density at radius 2 is 1.62 bits per heavy atom. The molecule has 0 saturated heterocycles. The first-order valence-corrected chi connectivity index (χ1v) is 5.33. The van der Waals surface area contributed by atoms with Gasteiger partial charge in [0, 0.05) is 5.56 Å². The fourth-order valence-electron chi connectivity index (χ4n) is 2.42. The first kappa shape index (κ1) is 9.58. The van der Waals surface area contributed by atoms with Gasteiger partial charge in [0.2, 0.25) is 0 Å². The number of benzene rings is 2. The molecule has 1 aliphatic carbocycles. The minimum absolute atomic E-state index is 0.619. The Hall–Kier alpha value is -1.64. The zero-order valence-corrected chi connectivity index (χ0v) is 8.72. The Kier molecular flexibility index (Phi) is 2.06. The van der Waals surface area contributed by atoms with Crippen molar-refractivity contribution in [3.8, 4) is 11.1 Å². The zero-order chi connectivity index (χ0) is 11.1.